The maximum atomic E-state index is 12.0. The fraction of sp³-hybridized carbons (Fsp3) is 0.294. The van der Waals surface area contributed by atoms with Crippen LogP contribution >= 0.6 is 0 Å². The van der Waals surface area contributed by atoms with Crippen LogP contribution in [0.4, 0.5) is 4.79 Å². The number of aromatic nitrogens is 4. The third kappa shape index (κ3) is 4.66. The molecule has 0 saturated carbocycles. The van der Waals surface area contributed by atoms with Crippen LogP contribution in [0.25, 0.3) is 0 Å². The lowest BCUT2D eigenvalue weighted by atomic mass is 10.2. The minimum absolute atomic E-state index is 0.170. The number of nitrogens with one attached hydrogen (secondary N) is 2. The Morgan fingerprint density at radius 2 is 2.12 bits per heavy atom. The van der Waals surface area contributed by atoms with Crippen LogP contribution in [-0.4, -0.2) is 26.0 Å². The third-order valence-corrected chi connectivity index (χ3v) is 3.66. The Hall–Kier alpha value is -3.16. The lowest BCUT2D eigenvalue weighted by Gasteiger charge is -2.12. The first kappa shape index (κ1) is 16.7. The van der Waals surface area contributed by atoms with Crippen LogP contribution in [0.1, 0.15) is 35.8 Å². The molecule has 0 aliphatic rings. The smallest absolute Gasteiger partial charge is 0.315 e. The largest absolute Gasteiger partial charge is 0.340 e. The molecule has 0 fully saturated rings. The van der Waals surface area contributed by atoms with Gasteiger partial charge < -0.3 is 15.2 Å². The lowest BCUT2D eigenvalue weighted by Crippen LogP contribution is -2.36. The Morgan fingerprint density at radius 1 is 1.32 bits per heavy atom. The van der Waals surface area contributed by atoms with Gasteiger partial charge in [0, 0.05) is 18.7 Å². The van der Waals surface area contributed by atoms with Crippen LogP contribution in [0.3, 0.4) is 0 Å². The molecule has 25 heavy (non-hydrogen) atoms. The van der Waals surface area contributed by atoms with Crippen molar-refractivity contribution in [3.05, 3.63) is 65.6 Å². The molecule has 2 aromatic heterocycles. The first-order valence-electron chi connectivity index (χ1n) is 8.00. The minimum Gasteiger partial charge on any atom is -0.340 e. The summed E-state index contributed by atoms with van der Waals surface area (Å²) in [6.45, 7) is 4.51. The number of benzene rings is 1. The van der Waals surface area contributed by atoms with E-state index < -0.39 is 0 Å². The van der Waals surface area contributed by atoms with Crippen LogP contribution in [0.2, 0.25) is 0 Å². The summed E-state index contributed by atoms with van der Waals surface area (Å²) in [7, 11) is 0. The maximum absolute atomic E-state index is 12.0. The van der Waals surface area contributed by atoms with Crippen molar-refractivity contribution in [1.29, 1.82) is 0 Å². The van der Waals surface area contributed by atoms with E-state index in [1.54, 1.807) is 13.1 Å². The van der Waals surface area contributed by atoms with Gasteiger partial charge in [0.05, 0.1) is 25.3 Å². The van der Waals surface area contributed by atoms with Crippen molar-refractivity contribution < 1.29 is 9.32 Å². The predicted molar refractivity (Wildman–Crippen MR) is 90.6 cm³/mol. The number of rotatable bonds is 6. The molecule has 3 rings (SSSR count). The SMILES string of the molecule is Cc1nc(CNC(=O)NC(C)c2cnn(Cc3ccccc3)c2)no1. The fourth-order valence-electron chi connectivity index (χ4n) is 2.36. The highest BCUT2D eigenvalue weighted by molar-refractivity contribution is 5.74. The second kappa shape index (κ2) is 7.61. The van der Waals surface area contributed by atoms with Crippen LogP contribution in [0, 0.1) is 6.92 Å². The number of carbonyl (C=O) groups excluding carboxylic acids is 1. The number of hydrogen-bond acceptors (Lipinski definition) is 5. The molecule has 8 nitrogen and oxygen atoms in total. The monoisotopic (exact) mass is 340 g/mol. The number of aryl methyl sites for hydroxylation is 1. The number of carbonyl (C=O) groups is 1. The average molecular weight is 340 g/mol. The molecule has 3 aromatic rings. The molecule has 1 unspecified atom stereocenters. The topological polar surface area (TPSA) is 97.9 Å². The summed E-state index contributed by atoms with van der Waals surface area (Å²) in [5.41, 5.74) is 2.10. The summed E-state index contributed by atoms with van der Waals surface area (Å²) < 4.78 is 6.70. The zero-order valence-electron chi connectivity index (χ0n) is 14.1. The molecule has 2 N–H and O–H groups in total. The van der Waals surface area contributed by atoms with Gasteiger partial charge in [0.2, 0.25) is 5.89 Å². The number of hydrogen-bond donors (Lipinski definition) is 2. The molecule has 0 bridgehead atoms. The lowest BCUT2D eigenvalue weighted by molar-refractivity contribution is 0.237. The average Bonchev–Trinajstić information content (AvgIpc) is 3.23. The van der Waals surface area contributed by atoms with Gasteiger partial charge in [-0.05, 0) is 12.5 Å². The van der Waals surface area contributed by atoms with Gasteiger partial charge in [0.15, 0.2) is 5.82 Å². The van der Waals surface area contributed by atoms with Gasteiger partial charge in [0.25, 0.3) is 0 Å². The van der Waals surface area contributed by atoms with Crippen molar-refractivity contribution in [2.24, 2.45) is 0 Å². The molecule has 0 aliphatic carbocycles. The highest BCUT2D eigenvalue weighted by Gasteiger charge is 2.12. The summed E-state index contributed by atoms with van der Waals surface area (Å²) in [6.07, 6.45) is 3.69. The van der Waals surface area contributed by atoms with Gasteiger partial charge in [0.1, 0.15) is 0 Å². The highest BCUT2D eigenvalue weighted by atomic mass is 16.5. The molecule has 0 spiro atoms. The van der Waals surface area contributed by atoms with Crippen LogP contribution in [0.5, 0.6) is 0 Å². The Labute approximate surface area is 145 Å². The van der Waals surface area contributed by atoms with Gasteiger partial charge >= 0.3 is 6.03 Å². The fourth-order valence-corrected chi connectivity index (χ4v) is 2.36. The zero-order chi connectivity index (χ0) is 17.6. The van der Waals surface area contributed by atoms with E-state index in [0.717, 1.165) is 5.56 Å². The van der Waals surface area contributed by atoms with Crippen LogP contribution in [-0.2, 0) is 13.1 Å². The minimum atomic E-state index is -0.300. The van der Waals surface area contributed by atoms with E-state index in [1.165, 1.54) is 5.56 Å². The predicted octanol–water partition coefficient (Wildman–Crippen LogP) is 2.18. The van der Waals surface area contributed by atoms with Crippen molar-refractivity contribution >= 4 is 6.03 Å². The van der Waals surface area contributed by atoms with E-state index >= 15 is 0 Å². The van der Waals surface area contributed by atoms with E-state index in [1.807, 2.05) is 36.0 Å². The quantitative estimate of drug-likeness (QED) is 0.717. The molecular weight excluding hydrogens is 320 g/mol. The standard InChI is InChI=1S/C17H20N6O2/c1-12(20-17(24)18-9-16-21-13(2)25-22-16)15-8-19-23(11-15)10-14-6-4-3-5-7-14/h3-8,11-12H,9-10H2,1-2H3,(H2,18,20,24). The number of urea groups is 1. The Bertz CT molecular complexity index is 827. The zero-order valence-corrected chi connectivity index (χ0v) is 14.1. The van der Waals surface area contributed by atoms with Gasteiger partial charge in [-0.3, -0.25) is 4.68 Å². The summed E-state index contributed by atoms with van der Waals surface area (Å²) in [4.78, 5) is 16.0. The molecular formula is C17H20N6O2. The molecule has 0 aliphatic heterocycles. The second-order valence-corrected chi connectivity index (χ2v) is 5.74. The maximum Gasteiger partial charge on any atom is 0.315 e. The van der Waals surface area contributed by atoms with Crippen molar-refractivity contribution in [3.63, 3.8) is 0 Å². The summed E-state index contributed by atoms with van der Waals surface area (Å²) in [6, 6.07) is 9.62. The molecule has 1 atom stereocenters. The van der Waals surface area contributed by atoms with Crippen LogP contribution in [0.15, 0.2) is 47.2 Å². The van der Waals surface area contributed by atoms with Gasteiger partial charge in [-0.25, -0.2) is 4.79 Å². The van der Waals surface area contributed by atoms with Crippen molar-refractivity contribution in [3.8, 4) is 0 Å². The summed E-state index contributed by atoms with van der Waals surface area (Å²) in [5, 5.41) is 13.6. The van der Waals surface area contributed by atoms with Crippen LogP contribution < -0.4 is 10.6 Å². The first-order chi connectivity index (χ1) is 12.1. The number of amides is 2. The Balaban J connectivity index is 1.50. The first-order valence-corrected chi connectivity index (χ1v) is 8.00. The molecule has 130 valence electrons. The third-order valence-electron chi connectivity index (χ3n) is 3.66. The summed E-state index contributed by atoms with van der Waals surface area (Å²) in [5.74, 6) is 0.910. The Kier molecular flexibility index (Phi) is 5.08. The van der Waals surface area contributed by atoms with Crippen molar-refractivity contribution in [2.75, 3.05) is 0 Å². The molecule has 8 heteroatoms. The van der Waals surface area contributed by atoms with Crippen molar-refractivity contribution in [1.82, 2.24) is 30.6 Å². The van der Waals surface area contributed by atoms with E-state index in [9.17, 15) is 4.79 Å². The van der Waals surface area contributed by atoms with E-state index in [4.69, 9.17) is 4.52 Å². The molecule has 0 saturated heterocycles. The van der Waals surface area contributed by atoms with Gasteiger partial charge in [-0.2, -0.15) is 10.1 Å². The highest BCUT2D eigenvalue weighted by Crippen LogP contribution is 2.12. The number of nitrogens with zero attached hydrogens (tertiary/aromatic N) is 4. The van der Waals surface area contributed by atoms with Crippen molar-refractivity contribution in [2.45, 2.75) is 33.0 Å². The Morgan fingerprint density at radius 3 is 2.84 bits per heavy atom. The summed E-state index contributed by atoms with van der Waals surface area (Å²) >= 11 is 0. The van der Waals surface area contributed by atoms with E-state index in [-0.39, 0.29) is 18.6 Å². The van der Waals surface area contributed by atoms with E-state index in [2.05, 4.69) is 38.0 Å². The van der Waals surface area contributed by atoms with Gasteiger partial charge in [-0.15, -0.1) is 0 Å². The molecule has 2 amide bonds. The second-order valence-electron chi connectivity index (χ2n) is 5.74. The molecule has 0 radical (unpaired) electrons. The van der Waals surface area contributed by atoms with E-state index in [0.29, 0.717) is 18.3 Å². The van der Waals surface area contributed by atoms with Gasteiger partial charge in [-0.1, -0.05) is 35.5 Å². The molecule has 1 aromatic carbocycles. The normalized spacial score (nSPS) is 11.9. The molecule has 2 heterocycles.